The van der Waals surface area contributed by atoms with Crippen LogP contribution in [0.15, 0.2) is 24.3 Å². The van der Waals surface area contributed by atoms with Gasteiger partial charge in [0.05, 0.1) is 5.69 Å². The van der Waals surface area contributed by atoms with Gasteiger partial charge in [-0.15, -0.1) is 0 Å². The van der Waals surface area contributed by atoms with E-state index in [2.05, 4.69) is 10.3 Å². The van der Waals surface area contributed by atoms with Crippen LogP contribution in [0.3, 0.4) is 0 Å². The Hall–Kier alpha value is -2.17. The van der Waals surface area contributed by atoms with Crippen LogP contribution >= 0.6 is 0 Å². The molecule has 20 heavy (non-hydrogen) atoms. The van der Waals surface area contributed by atoms with E-state index in [4.69, 9.17) is 4.74 Å². The third-order valence-electron chi connectivity index (χ3n) is 2.18. The number of rotatable bonds is 5. The Morgan fingerprint density at radius 3 is 2.70 bits per heavy atom. The van der Waals surface area contributed by atoms with Crippen LogP contribution in [-0.4, -0.2) is 29.5 Å². The van der Waals surface area contributed by atoms with Gasteiger partial charge in [0.1, 0.15) is 11.3 Å². The van der Waals surface area contributed by atoms with Gasteiger partial charge in [-0.25, -0.2) is 9.78 Å². The molecule has 1 N–H and O–H groups in total. The zero-order chi connectivity index (χ0) is 15.0. The van der Waals surface area contributed by atoms with Gasteiger partial charge in [-0.05, 0) is 45.4 Å². The van der Waals surface area contributed by atoms with Crippen molar-refractivity contribution in [3.8, 4) is 0 Å². The number of aromatic nitrogens is 1. The van der Waals surface area contributed by atoms with Gasteiger partial charge >= 0.3 is 6.09 Å². The molecule has 0 fully saturated rings. The summed E-state index contributed by atoms with van der Waals surface area (Å²) in [6.45, 7) is 5.94. The number of hydrogen-bond donors (Lipinski definition) is 1. The number of hydrogen-bond acceptors (Lipinski definition) is 4. The molecule has 0 saturated heterocycles. The zero-order valence-electron chi connectivity index (χ0n) is 12.1. The Balaban J connectivity index is 2.31. The van der Waals surface area contributed by atoms with E-state index >= 15 is 0 Å². The van der Waals surface area contributed by atoms with Gasteiger partial charge < -0.3 is 10.1 Å². The van der Waals surface area contributed by atoms with E-state index in [-0.39, 0.29) is 0 Å². The molecule has 108 valence electrons. The lowest BCUT2D eigenvalue weighted by Gasteiger charge is -2.19. The lowest BCUT2D eigenvalue weighted by molar-refractivity contribution is 0.0528. The van der Waals surface area contributed by atoms with E-state index in [1.807, 2.05) is 39.0 Å². The molecule has 1 rings (SSSR count). The molecule has 5 heteroatoms. The minimum absolute atomic E-state index is 0.402. The number of amides is 1. The van der Waals surface area contributed by atoms with Crippen LogP contribution in [0.1, 0.15) is 43.4 Å². The molecule has 1 aromatic rings. The number of nitrogens with one attached hydrogen (secondary N) is 1. The van der Waals surface area contributed by atoms with Crippen molar-refractivity contribution in [3.63, 3.8) is 0 Å². The lowest BCUT2D eigenvalue weighted by atomic mass is 10.2. The van der Waals surface area contributed by atoms with Crippen LogP contribution in [0.5, 0.6) is 0 Å². The van der Waals surface area contributed by atoms with E-state index in [0.717, 1.165) is 0 Å². The normalized spacial score (nSPS) is 11.3. The summed E-state index contributed by atoms with van der Waals surface area (Å²) in [6, 6.07) is 5.23. The molecule has 0 spiro atoms. The van der Waals surface area contributed by atoms with Crippen LogP contribution in [0.2, 0.25) is 0 Å². The van der Waals surface area contributed by atoms with Crippen molar-refractivity contribution in [2.24, 2.45) is 0 Å². The molecule has 5 nitrogen and oxygen atoms in total. The van der Waals surface area contributed by atoms with Gasteiger partial charge in [-0.2, -0.15) is 0 Å². The second-order valence-corrected chi connectivity index (χ2v) is 5.22. The number of carbonyl (C=O) groups is 2. The fourth-order valence-corrected chi connectivity index (χ4v) is 1.40. The largest absolute Gasteiger partial charge is 0.444 e. The Morgan fingerprint density at radius 1 is 1.35 bits per heavy atom. The molecule has 0 unspecified atom stereocenters. The van der Waals surface area contributed by atoms with Crippen LogP contribution in [-0.2, 0) is 4.74 Å². The van der Waals surface area contributed by atoms with Crippen molar-refractivity contribution in [3.05, 3.63) is 35.7 Å². The van der Waals surface area contributed by atoms with Crippen molar-refractivity contribution in [1.82, 2.24) is 10.3 Å². The second kappa shape index (κ2) is 7.43. The highest BCUT2D eigenvalue weighted by molar-refractivity contribution is 5.72. The topological polar surface area (TPSA) is 68.3 Å². The number of pyridine rings is 1. The molecule has 0 saturated carbocycles. The van der Waals surface area contributed by atoms with Gasteiger partial charge in [0.2, 0.25) is 0 Å². The molecule has 0 bridgehead atoms. The third-order valence-corrected chi connectivity index (χ3v) is 2.18. The third kappa shape index (κ3) is 6.68. The Bertz CT molecular complexity index is 490. The molecule has 1 aromatic heterocycles. The summed E-state index contributed by atoms with van der Waals surface area (Å²) in [6.07, 6.45) is 4.64. The summed E-state index contributed by atoms with van der Waals surface area (Å²) < 4.78 is 5.11. The molecule has 0 aromatic carbocycles. The Morgan fingerprint density at radius 2 is 2.05 bits per heavy atom. The number of carbonyl (C=O) groups excluding carboxylic acids is 2. The predicted molar refractivity (Wildman–Crippen MR) is 77.5 cm³/mol. The number of nitrogens with zero attached hydrogens (tertiary/aromatic N) is 1. The minimum atomic E-state index is -0.487. The highest BCUT2D eigenvalue weighted by atomic mass is 16.6. The van der Waals surface area contributed by atoms with E-state index in [9.17, 15) is 9.59 Å². The first-order chi connectivity index (χ1) is 9.40. The van der Waals surface area contributed by atoms with Gasteiger partial charge in [-0.1, -0.05) is 12.1 Å². The maximum Gasteiger partial charge on any atom is 0.407 e. The van der Waals surface area contributed by atoms with Gasteiger partial charge in [0.25, 0.3) is 0 Å². The van der Waals surface area contributed by atoms with Crippen molar-refractivity contribution < 1.29 is 14.3 Å². The average molecular weight is 276 g/mol. The Kier molecular flexibility index (Phi) is 5.90. The first-order valence-electron chi connectivity index (χ1n) is 6.46. The summed E-state index contributed by atoms with van der Waals surface area (Å²) in [5, 5.41) is 2.66. The summed E-state index contributed by atoms with van der Waals surface area (Å²) in [5.41, 5.74) is 0.630. The molecule has 0 atom stereocenters. The van der Waals surface area contributed by atoms with Gasteiger partial charge in [-0.3, -0.25) is 4.79 Å². The lowest BCUT2D eigenvalue weighted by Crippen LogP contribution is -2.32. The second-order valence-electron chi connectivity index (χ2n) is 5.22. The molecular weight excluding hydrogens is 256 g/mol. The Labute approximate surface area is 119 Å². The maximum atomic E-state index is 11.4. The molecule has 0 aliphatic heterocycles. The van der Waals surface area contributed by atoms with Crippen molar-refractivity contribution >= 4 is 18.5 Å². The van der Waals surface area contributed by atoms with Crippen molar-refractivity contribution in [2.45, 2.75) is 32.8 Å². The highest BCUT2D eigenvalue weighted by Crippen LogP contribution is 2.06. The first-order valence-corrected chi connectivity index (χ1v) is 6.46. The SMILES string of the molecule is CC(C)(C)OC(=O)NCCC=Cc1cccc(C=O)n1. The van der Waals surface area contributed by atoms with Crippen molar-refractivity contribution in [1.29, 1.82) is 0 Å². The number of alkyl carbamates (subject to hydrolysis) is 1. The summed E-state index contributed by atoms with van der Waals surface area (Å²) >= 11 is 0. The molecule has 0 aliphatic rings. The van der Waals surface area contributed by atoms with Gasteiger partial charge in [0.15, 0.2) is 6.29 Å². The van der Waals surface area contributed by atoms with Crippen LogP contribution in [0, 0.1) is 0 Å². The van der Waals surface area contributed by atoms with Crippen molar-refractivity contribution in [2.75, 3.05) is 6.54 Å². The smallest absolute Gasteiger partial charge is 0.407 e. The monoisotopic (exact) mass is 276 g/mol. The standard InChI is InChI=1S/C15H20N2O3/c1-15(2,3)20-14(19)16-10-5-4-7-12-8-6-9-13(11-18)17-12/h4,6-9,11H,5,10H2,1-3H3,(H,16,19). The summed E-state index contributed by atoms with van der Waals surface area (Å²) in [4.78, 5) is 26.0. The fourth-order valence-electron chi connectivity index (χ4n) is 1.40. The van der Waals surface area contributed by atoms with Gasteiger partial charge in [0, 0.05) is 6.54 Å². The average Bonchev–Trinajstić information content (AvgIpc) is 2.36. The number of aldehydes is 1. The first kappa shape index (κ1) is 15.9. The summed E-state index contributed by atoms with van der Waals surface area (Å²) in [5.74, 6) is 0. The molecular formula is C15H20N2O3. The molecule has 1 amide bonds. The molecule has 0 radical (unpaired) electrons. The predicted octanol–water partition coefficient (Wildman–Crippen LogP) is 2.82. The van der Waals surface area contributed by atoms with E-state index in [0.29, 0.717) is 30.6 Å². The quantitative estimate of drug-likeness (QED) is 0.663. The fraction of sp³-hybridized carbons (Fsp3) is 0.400. The number of ether oxygens (including phenoxy) is 1. The van der Waals surface area contributed by atoms with Crippen LogP contribution in [0.4, 0.5) is 4.79 Å². The van der Waals surface area contributed by atoms with Crippen LogP contribution in [0.25, 0.3) is 6.08 Å². The highest BCUT2D eigenvalue weighted by Gasteiger charge is 2.15. The maximum absolute atomic E-state index is 11.4. The van der Waals surface area contributed by atoms with E-state index in [1.54, 1.807) is 12.1 Å². The van der Waals surface area contributed by atoms with E-state index < -0.39 is 11.7 Å². The van der Waals surface area contributed by atoms with Crippen LogP contribution < -0.4 is 5.32 Å². The summed E-state index contributed by atoms with van der Waals surface area (Å²) in [7, 11) is 0. The minimum Gasteiger partial charge on any atom is -0.444 e. The molecule has 1 heterocycles. The van der Waals surface area contributed by atoms with E-state index in [1.165, 1.54) is 0 Å². The zero-order valence-corrected chi connectivity index (χ0v) is 12.1. The molecule has 0 aliphatic carbocycles.